The molecule has 0 bridgehead atoms. The molecule has 2 aromatic carbocycles. The van der Waals surface area contributed by atoms with E-state index in [0.717, 1.165) is 26.5 Å². The highest BCUT2D eigenvalue weighted by Crippen LogP contribution is 2.29. The highest BCUT2D eigenvalue weighted by Gasteiger charge is 2.18. The molecule has 0 saturated carbocycles. The summed E-state index contributed by atoms with van der Waals surface area (Å²) in [6.45, 7) is 8.20. The zero-order chi connectivity index (χ0) is 22.1. The summed E-state index contributed by atoms with van der Waals surface area (Å²) in [5.41, 5.74) is 3.38. The summed E-state index contributed by atoms with van der Waals surface area (Å²) in [4.78, 5) is 17.6. The van der Waals surface area contributed by atoms with Crippen LogP contribution in [0, 0.1) is 11.3 Å². The van der Waals surface area contributed by atoms with Crippen molar-refractivity contribution in [3.8, 4) is 11.1 Å². The molecule has 7 heteroatoms. The van der Waals surface area contributed by atoms with Crippen LogP contribution < -0.4 is 5.32 Å². The van der Waals surface area contributed by atoms with Gasteiger partial charge in [0.15, 0.2) is 0 Å². The molecule has 0 aliphatic rings. The number of aromatic nitrogens is 3. The maximum Gasteiger partial charge on any atom is 0.255 e. The zero-order valence-corrected chi connectivity index (χ0v) is 18.7. The first-order valence-electron chi connectivity index (χ1n) is 10.2. The van der Waals surface area contributed by atoms with E-state index in [4.69, 9.17) is 0 Å². The topological polar surface area (TPSA) is 83.6 Å². The number of nitrogens with one attached hydrogen (secondary N) is 1. The third kappa shape index (κ3) is 3.94. The van der Waals surface area contributed by atoms with Gasteiger partial charge in [-0.2, -0.15) is 10.4 Å². The number of amides is 1. The van der Waals surface area contributed by atoms with Crippen LogP contribution >= 0.6 is 11.3 Å². The van der Waals surface area contributed by atoms with Gasteiger partial charge in [-0.15, -0.1) is 0 Å². The predicted octanol–water partition coefficient (Wildman–Crippen LogP) is 5.85. The molecule has 31 heavy (non-hydrogen) atoms. The predicted molar refractivity (Wildman–Crippen MR) is 124 cm³/mol. The molecule has 4 rings (SSSR count). The lowest BCUT2D eigenvalue weighted by Gasteiger charge is -2.14. The van der Waals surface area contributed by atoms with Crippen LogP contribution in [0.25, 0.3) is 15.9 Å². The van der Waals surface area contributed by atoms with Crippen molar-refractivity contribution in [3.63, 3.8) is 0 Å². The molecular formula is C24H23N5OS. The number of carbonyl (C=O) groups excluding carboxylic acids is 1. The smallest absolute Gasteiger partial charge is 0.255 e. The average molecular weight is 430 g/mol. The van der Waals surface area contributed by atoms with Gasteiger partial charge < -0.3 is 5.32 Å². The van der Waals surface area contributed by atoms with Crippen LogP contribution in [0.3, 0.4) is 0 Å². The Morgan fingerprint density at radius 1 is 1.13 bits per heavy atom. The van der Waals surface area contributed by atoms with E-state index in [1.165, 1.54) is 0 Å². The van der Waals surface area contributed by atoms with Gasteiger partial charge in [0.05, 0.1) is 34.6 Å². The molecule has 0 fully saturated rings. The van der Waals surface area contributed by atoms with E-state index in [2.05, 4.69) is 35.3 Å². The van der Waals surface area contributed by atoms with Crippen LogP contribution in [0.4, 0.5) is 5.69 Å². The van der Waals surface area contributed by atoms with E-state index >= 15 is 0 Å². The standard InChI is InChI=1S/C24H23N5OS/c1-14(2)22-16(11-25)6-5-7-19(22)23(30)28-18-9-8-17-12-27-29(20(17)10-18)21-13-26-24(31-21)15(3)4/h5-10,12-15H,1-4H3,(H,28,30). The third-order valence-corrected chi connectivity index (χ3v) is 6.36. The fourth-order valence-corrected chi connectivity index (χ4v) is 4.49. The van der Waals surface area contributed by atoms with Crippen molar-refractivity contribution in [2.75, 3.05) is 5.32 Å². The molecule has 2 heterocycles. The molecule has 156 valence electrons. The minimum Gasteiger partial charge on any atom is -0.322 e. The molecule has 0 atom stereocenters. The second-order valence-corrected chi connectivity index (χ2v) is 9.05. The van der Waals surface area contributed by atoms with Gasteiger partial charge in [-0.1, -0.05) is 45.1 Å². The van der Waals surface area contributed by atoms with Gasteiger partial charge in [0, 0.05) is 22.6 Å². The number of hydrogen-bond acceptors (Lipinski definition) is 5. The maximum absolute atomic E-state index is 13.1. The summed E-state index contributed by atoms with van der Waals surface area (Å²) in [7, 11) is 0. The number of benzene rings is 2. The molecule has 1 N–H and O–H groups in total. The monoisotopic (exact) mass is 429 g/mol. The first-order chi connectivity index (χ1) is 14.9. The summed E-state index contributed by atoms with van der Waals surface area (Å²) in [5, 5.41) is 19.9. The van der Waals surface area contributed by atoms with Gasteiger partial charge in [0.25, 0.3) is 5.91 Å². The number of hydrogen-bond donors (Lipinski definition) is 1. The average Bonchev–Trinajstić information content (AvgIpc) is 3.39. The number of nitrogens with zero attached hydrogens (tertiary/aromatic N) is 4. The first kappa shape index (κ1) is 20.8. The highest BCUT2D eigenvalue weighted by molar-refractivity contribution is 7.14. The lowest BCUT2D eigenvalue weighted by molar-refractivity contribution is 0.102. The van der Waals surface area contributed by atoms with Crippen molar-refractivity contribution in [2.24, 2.45) is 0 Å². The van der Waals surface area contributed by atoms with Crippen LogP contribution in [0.5, 0.6) is 0 Å². The molecule has 0 spiro atoms. The quantitative estimate of drug-likeness (QED) is 0.431. The minimum absolute atomic E-state index is 0.0574. The lowest BCUT2D eigenvalue weighted by Crippen LogP contribution is -2.15. The fourth-order valence-electron chi connectivity index (χ4n) is 3.60. The number of fused-ring (bicyclic) bond motifs is 1. The number of rotatable bonds is 5. The van der Waals surface area contributed by atoms with Gasteiger partial charge in [-0.25, -0.2) is 9.67 Å². The molecule has 6 nitrogen and oxygen atoms in total. The SMILES string of the molecule is CC(C)c1ncc(-n2ncc3ccc(NC(=O)c4cccc(C#N)c4C(C)C)cc32)s1. The summed E-state index contributed by atoms with van der Waals surface area (Å²) in [6.07, 6.45) is 3.64. The highest BCUT2D eigenvalue weighted by atomic mass is 32.1. The first-order valence-corrected chi connectivity index (χ1v) is 11.0. The normalized spacial score (nSPS) is 11.3. The Kier molecular flexibility index (Phi) is 5.57. The fraction of sp³-hybridized carbons (Fsp3) is 0.250. The van der Waals surface area contributed by atoms with Crippen molar-refractivity contribution in [1.29, 1.82) is 5.26 Å². The third-order valence-electron chi connectivity index (χ3n) is 5.09. The van der Waals surface area contributed by atoms with Crippen LogP contribution in [0.1, 0.15) is 66.0 Å². The second kappa shape index (κ2) is 8.32. The van der Waals surface area contributed by atoms with Gasteiger partial charge in [-0.3, -0.25) is 4.79 Å². The Bertz CT molecular complexity index is 1310. The molecule has 1 amide bonds. The van der Waals surface area contributed by atoms with Crippen molar-refractivity contribution >= 4 is 33.8 Å². The maximum atomic E-state index is 13.1. The van der Waals surface area contributed by atoms with Crippen molar-refractivity contribution in [2.45, 2.75) is 39.5 Å². The van der Waals surface area contributed by atoms with Crippen LogP contribution in [0.15, 0.2) is 48.8 Å². The van der Waals surface area contributed by atoms with Gasteiger partial charge >= 0.3 is 0 Å². The van der Waals surface area contributed by atoms with Crippen LogP contribution in [-0.2, 0) is 0 Å². The Morgan fingerprint density at radius 3 is 2.61 bits per heavy atom. The van der Waals surface area contributed by atoms with Crippen molar-refractivity contribution < 1.29 is 4.79 Å². The van der Waals surface area contributed by atoms with E-state index in [1.54, 1.807) is 29.5 Å². The minimum atomic E-state index is -0.230. The van der Waals surface area contributed by atoms with Gasteiger partial charge in [-0.05, 0) is 41.8 Å². The Morgan fingerprint density at radius 2 is 1.94 bits per heavy atom. The van der Waals surface area contributed by atoms with Crippen LogP contribution in [-0.4, -0.2) is 20.7 Å². The summed E-state index contributed by atoms with van der Waals surface area (Å²) < 4.78 is 1.85. The number of nitriles is 1. The molecular weight excluding hydrogens is 406 g/mol. The second-order valence-electron chi connectivity index (χ2n) is 8.01. The van der Waals surface area contributed by atoms with E-state index in [0.29, 0.717) is 22.7 Å². The van der Waals surface area contributed by atoms with Crippen molar-refractivity contribution in [1.82, 2.24) is 14.8 Å². The summed E-state index contributed by atoms with van der Waals surface area (Å²) in [6, 6.07) is 13.2. The van der Waals surface area contributed by atoms with Gasteiger partial charge in [0.1, 0.15) is 5.00 Å². The van der Waals surface area contributed by atoms with E-state index in [9.17, 15) is 10.1 Å². The Balaban J connectivity index is 1.69. The van der Waals surface area contributed by atoms with Crippen LogP contribution in [0.2, 0.25) is 0 Å². The molecule has 0 saturated heterocycles. The summed E-state index contributed by atoms with van der Waals surface area (Å²) >= 11 is 1.61. The van der Waals surface area contributed by atoms with E-state index in [-0.39, 0.29) is 11.8 Å². The Labute approximate surface area is 185 Å². The molecule has 4 aromatic rings. The molecule has 2 aromatic heterocycles. The number of anilines is 1. The largest absolute Gasteiger partial charge is 0.322 e. The van der Waals surface area contributed by atoms with Crippen molar-refractivity contribution in [3.05, 3.63) is 70.5 Å². The van der Waals surface area contributed by atoms with Gasteiger partial charge in [0.2, 0.25) is 0 Å². The zero-order valence-electron chi connectivity index (χ0n) is 17.9. The molecule has 0 aliphatic heterocycles. The molecule has 0 aliphatic carbocycles. The molecule has 0 unspecified atom stereocenters. The summed E-state index contributed by atoms with van der Waals surface area (Å²) in [5.74, 6) is 0.183. The molecule has 0 radical (unpaired) electrons. The number of carbonyl (C=O) groups is 1. The van der Waals surface area contributed by atoms with E-state index in [1.807, 2.05) is 49.1 Å². The lowest BCUT2D eigenvalue weighted by atomic mass is 9.92. The van der Waals surface area contributed by atoms with E-state index < -0.39 is 0 Å². The number of thiazole rings is 1. The Hall–Kier alpha value is -3.50.